The molecule has 102 valence electrons. The summed E-state index contributed by atoms with van der Waals surface area (Å²) in [4.78, 5) is 9.78. The van der Waals surface area contributed by atoms with Gasteiger partial charge in [0.1, 0.15) is 0 Å². The molecule has 0 radical (unpaired) electrons. The Morgan fingerprint density at radius 2 is 1.50 bits per heavy atom. The number of aryl methyl sites for hydroxylation is 2. The van der Waals surface area contributed by atoms with Gasteiger partial charge in [0, 0.05) is 6.08 Å². The molecule has 0 bridgehead atoms. The molecule has 2 aromatic carbocycles. The maximum absolute atomic E-state index is 10.2. The zero-order chi connectivity index (χ0) is 14.2. The summed E-state index contributed by atoms with van der Waals surface area (Å²) >= 11 is 0. The third kappa shape index (κ3) is 4.69. The molecule has 0 aliphatic rings. The second kappa shape index (κ2) is 7.24. The van der Waals surface area contributed by atoms with Gasteiger partial charge < -0.3 is 0 Å². The Morgan fingerprint density at radius 1 is 0.900 bits per heavy atom. The normalized spacial score (nSPS) is 10.8. The third-order valence-electron chi connectivity index (χ3n) is 3.14. The van der Waals surface area contributed by atoms with E-state index >= 15 is 0 Å². The fourth-order valence-corrected chi connectivity index (χ4v) is 2.08. The third-order valence-corrected chi connectivity index (χ3v) is 3.14. The average Bonchev–Trinajstić information content (AvgIpc) is 2.47. The zero-order valence-corrected chi connectivity index (χ0v) is 11.2. The number of nitro groups is 1. The Morgan fingerprint density at radius 3 is 2.10 bits per heavy atom. The molecule has 0 atom stereocenters. The first-order valence-electron chi connectivity index (χ1n) is 6.68. The highest BCUT2D eigenvalue weighted by molar-refractivity contribution is 5.48. The molecule has 0 aliphatic carbocycles. The molecule has 0 heterocycles. The standard InChI is InChI=1S/C17H17NO2/c19-18(20)14-13-17-11-9-16(10-12-17)8-4-7-15-5-2-1-3-6-15/h1-3,5-6,9-14H,4,7-8H2/b14-13+. The largest absolute Gasteiger partial charge is 0.259 e. The topological polar surface area (TPSA) is 43.1 Å². The van der Waals surface area contributed by atoms with Crippen LogP contribution in [0.15, 0.2) is 60.8 Å². The SMILES string of the molecule is O=[N+]([O-])/C=C/c1ccc(CCCc2ccccc2)cc1. The predicted octanol–water partition coefficient (Wildman–Crippen LogP) is 4.11. The van der Waals surface area contributed by atoms with Crippen LogP contribution in [-0.2, 0) is 12.8 Å². The summed E-state index contributed by atoms with van der Waals surface area (Å²) in [5.41, 5.74) is 3.48. The van der Waals surface area contributed by atoms with E-state index in [1.165, 1.54) is 17.2 Å². The number of benzene rings is 2. The minimum Gasteiger partial charge on any atom is -0.259 e. The lowest BCUT2D eigenvalue weighted by molar-refractivity contribution is -0.400. The van der Waals surface area contributed by atoms with Gasteiger partial charge in [-0.15, -0.1) is 0 Å². The molecule has 0 fully saturated rings. The lowest BCUT2D eigenvalue weighted by Gasteiger charge is -2.03. The molecule has 0 aliphatic heterocycles. The first-order chi connectivity index (χ1) is 9.74. The quantitative estimate of drug-likeness (QED) is 0.584. The highest BCUT2D eigenvalue weighted by atomic mass is 16.6. The Bertz CT molecular complexity index is 574. The molecule has 2 aromatic rings. The van der Waals surface area contributed by atoms with Gasteiger partial charge in [-0.2, -0.15) is 0 Å². The van der Waals surface area contributed by atoms with Crippen LogP contribution < -0.4 is 0 Å². The van der Waals surface area contributed by atoms with Gasteiger partial charge in [-0.3, -0.25) is 10.1 Å². The summed E-state index contributed by atoms with van der Waals surface area (Å²) in [6, 6.07) is 18.3. The molecular weight excluding hydrogens is 250 g/mol. The van der Waals surface area contributed by atoms with E-state index in [1.54, 1.807) is 0 Å². The van der Waals surface area contributed by atoms with Crippen molar-refractivity contribution < 1.29 is 4.92 Å². The van der Waals surface area contributed by atoms with Crippen molar-refractivity contribution in [1.29, 1.82) is 0 Å². The maximum Gasteiger partial charge on any atom is 0.235 e. The van der Waals surface area contributed by atoms with Crippen molar-refractivity contribution in [3.05, 3.63) is 87.6 Å². The van der Waals surface area contributed by atoms with Crippen molar-refractivity contribution >= 4 is 6.08 Å². The Hall–Kier alpha value is -2.42. The van der Waals surface area contributed by atoms with Crippen molar-refractivity contribution in [3.63, 3.8) is 0 Å². The predicted molar refractivity (Wildman–Crippen MR) is 80.9 cm³/mol. The summed E-state index contributed by atoms with van der Waals surface area (Å²) < 4.78 is 0. The lowest BCUT2D eigenvalue weighted by Crippen LogP contribution is -1.90. The van der Waals surface area contributed by atoms with E-state index in [-0.39, 0.29) is 0 Å². The summed E-state index contributed by atoms with van der Waals surface area (Å²) in [6.07, 6.45) is 5.67. The number of nitrogens with zero attached hydrogens (tertiary/aromatic N) is 1. The first-order valence-corrected chi connectivity index (χ1v) is 6.68. The monoisotopic (exact) mass is 267 g/mol. The highest BCUT2D eigenvalue weighted by Crippen LogP contribution is 2.10. The highest BCUT2D eigenvalue weighted by Gasteiger charge is 1.96. The summed E-state index contributed by atoms with van der Waals surface area (Å²) in [6.45, 7) is 0. The molecule has 0 N–H and O–H groups in total. The molecule has 3 nitrogen and oxygen atoms in total. The molecule has 3 heteroatoms. The summed E-state index contributed by atoms with van der Waals surface area (Å²) in [5, 5.41) is 10.2. The van der Waals surface area contributed by atoms with Crippen molar-refractivity contribution in [3.8, 4) is 0 Å². The van der Waals surface area contributed by atoms with Gasteiger partial charge in [0.15, 0.2) is 0 Å². The van der Waals surface area contributed by atoms with Gasteiger partial charge in [-0.1, -0.05) is 54.6 Å². The first kappa shape index (κ1) is 14.0. The summed E-state index contributed by atoms with van der Waals surface area (Å²) in [7, 11) is 0. The number of hydrogen-bond donors (Lipinski definition) is 0. The fourth-order valence-electron chi connectivity index (χ4n) is 2.08. The van der Waals surface area contributed by atoms with Crippen LogP contribution in [0.2, 0.25) is 0 Å². The molecule has 0 saturated heterocycles. The van der Waals surface area contributed by atoms with Crippen molar-refractivity contribution in [1.82, 2.24) is 0 Å². The van der Waals surface area contributed by atoms with Crippen LogP contribution in [0.4, 0.5) is 0 Å². The van der Waals surface area contributed by atoms with E-state index in [9.17, 15) is 10.1 Å². The van der Waals surface area contributed by atoms with Crippen molar-refractivity contribution in [2.45, 2.75) is 19.3 Å². The zero-order valence-electron chi connectivity index (χ0n) is 11.2. The van der Waals surface area contributed by atoms with Gasteiger partial charge in [0.25, 0.3) is 0 Å². The van der Waals surface area contributed by atoms with Crippen LogP contribution in [0.3, 0.4) is 0 Å². The Balaban J connectivity index is 1.83. The van der Waals surface area contributed by atoms with E-state index < -0.39 is 4.92 Å². The number of rotatable bonds is 6. The van der Waals surface area contributed by atoms with E-state index in [1.807, 2.05) is 30.3 Å². The van der Waals surface area contributed by atoms with Crippen LogP contribution in [-0.4, -0.2) is 4.92 Å². The molecule has 0 spiro atoms. The molecule has 2 rings (SSSR count). The Labute approximate surface area is 118 Å². The Kier molecular flexibility index (Phi) is 5.07. The van der Waals surface area contributed by atoms with Crippen LogP contribution in [0.25, 0.3) is 6.08 Å². The van der Waals surface area contributed by atoms with E-state index in [0.717, 1.165) is 31.0 Å². The van der Waals surface area contributed by atoms with Gasteiger partial charge >= 0.3 is 0 Å². The molecule has 0 unspecified atom stereocenters. The van der Waals surface area contributed by atoms with Crippen LogP contribution in [0.1, 0.15) is 23.1 Å². The lowest BCUT2D eigenvalue weighted by atomic mass is 10.0. The second-order valence-corrected chi connectivity index (χ2v) is 4.68. The smallest absolute Gasteiger partial charge is 0.235 e. The minimum absolute atomic E-state index is 0.451. The molecule has 20 heavy (non-hydrogen) atoms. The fraction of sp³-hybridized carbons (Fsp3) is 0.176. The van der Waals surface area contributed by atoms with Gasteiger partial charge in [0.2, 0.25) is 6.20 Å². The van der Waals surface area contributed by atoms with Crippen LogP contribution in [0, 0.1) is 10.1 Å². The van der Waals surface area contributed by atoms with Crippen molar-refractivity contribution in [2.75, 3.05) is 0 Å². The van der Waals surface area contributed by atoms with Gasteiger partial charge in [-0.25, -0.2) is 0 Å². The maximum atomic E-state index is 10.2. The average molecular weight is 267 g/mol. The molecule has 0 aromatic heterocycles. The minimum atomic E-state index is -0.451. The summed E-state index contributed by atoms with van der Waals surface area (Å²) in [5.74, 6) is 0. The number of hydrogen-bond acceptors (Lipinski definition) is 2. The molecular formula is C17H17NO2. The van der Waals surface area contributed by atoms with E-state index in [2.05, 4.69) is 24.3 Å². The van der Waals surface area contributed by atoms with E-state index in [4.69, 9.17) is 0 Å². The second-order valence-electron chi connectivity index (χ2n) is 4.68. The van der Waals surface area contributed by atoms with Gasteiger partial charge in [-0.05, 0) is 36.0 Å². The molecule has 0 saturated carbocycles. The van der Waals surface area contributed by atoms with E-state index in [0.29, 0.717) is 0 Å². The van der Waals surface area contributed by atoms with Crippen LogP contribution in [0.5, 0.6) is 0 Å². The van der Waals surface area contributed by atoms with Crippen molar-refractivity contribution in [2.24, 2.45) is 0 Å². The van der Waals surface area contributed by atoms with Gasteiger partial charge in [0.05, 0.1) is 4.92 Å². The van der Waals surface area contributed by atoms with Crippen LogP contribution >= 0.6 is 0 Å². The molecule has 0 amide bonds.